The summed E-state index contributed by atoms with van der Waals surface area (Å²) in [7, 11) is -18.6. The van der Waals surface area contributed by atoms with E-state index in [0.717, 1.165) is 17.2 Å². The van der Waals surface area contributed by atoms with E-state index in [0.29, 0.717) is 12.1 Å². The van der Waals surface area contributed by atoms with Crippen LogP contribution < -0.4 is 4.72 Å². The highest BCUT2D eigenvalue weighted by atomic mass is 32.2. The number of benzene rings is 5. The molecule has 250 valence electrons. The monoisotopic (exact) mass is 731 g/mol. The number of nitrogens with one attached hydrogen (secondary N) is 1. The van der Waals surface area contributed by atoms with E-state index in [1.165, 1.54) is 60.7 Å². The van der Waals surface area contributed by atoms with Crippen LogP contribution in [-0.2, 0) is 40.1 Å². The average Bonchev–Trinajstić information content (AvgIpc) is 3.00. The second kappa shape index (κ2) is 12.4. The van der Waals surface area contributed by atoms with Gasteiger partial charge in [0.05, 0.1) is 36.3 Å². The van der Waals surface area contributed by atoms with Crippen LogP contribution >= 0.6 is 0 Å². The number of sulfonamides is 1. The highest BCUT2D eigenvalue weighted by Gasteiger charge is 2.27. The van der Waals surface area contributed by atoms with Crippen molar-refractivity contribution in [2.24, 2.45) is 10.2 Å². The summed E-state index contributed by atoms with van der Waals surface area (Å²) in [6, 6.07) is 18.8. The van der Waals surface area contributed by atoms with Gasteiger partial charge in [0.25, 0.3) is 30.3 Å². The lowest BCUT2D eigenvalue weighted by Gasteiger charge is -2.16. The van der Waals surface area contributed by atoms with E-state index in [4.69, 9.17) is 0 Å². The summed E-state index contributed by atoms with van der Waals surface area (Å²) in [5, 5.41) is 18.0. The van der Waals surface area contributed by atoms with Gasteiger partial charge in [0.15, 0.2) is 5.75 Å². The molecule has 5 rings (SSSR count). The Labute approximate surface area is 275 Å². The fourth-order valence-corrected chi connectivity index (χ4v) is 8.08. The first-order valence-corrected chi connectivity index (χ1v) is 19.3. The minimum Gasteiger partial charge on any atom is -0.505 e. The van der Waals surface area contributed by atoms with E-state index in [1.54, 1.807) is 26.0 Å². The highest BCUT2D eigenvalue weighted by molar-refractivity contribution is 7.92. The number of azo groups is 1. The fourth-order valence-electron chi connectivity index (χ4n) is 4.56. The van der Waals surface area contributed by atoms with Crippen molar-refractivity contribution in [2.45, 2.75) is 38.3 Å². The van der Waals surface area contributed by atoms with E-state index >= 15 is 0 Å². The number of fused-ring (bicyclic) bond motifs is 1. The Morgan fingerprint density at radius 1 is 0.583 bits per heavy atom. The first-order valence-electron chi connectivity index (χ1n) is 13.5. The van der Waals surface area contributed by atoms with Crippen molar-refractivity contribution in [1.29, 1.82) is 0 Å². The van der Waals surface area contributed by atoms with Crippen LogP contribution in [0.3, 0.4) is 0 Å². The van der Waals surface area contributed by atoms with Crippen LogP contribution in [0, 0.1) is 13.8 Å². The molecule has 0 bridgehead atoms. The Bertz CT molecular complexity index is 2550. The van der Waals surface area contributed by atoms with Crippen LogP contribution in [0.5, 0.6) is 5.75 Å². The molecule has 5 aromatic rings. The SMILES string of the molecule is Cc1ccc(S(=O)(=O)Nc2cc(S(=O)(=O)O)cc3cc(S(=O)(=O)O)c(N=Nc4ccc(S(=O)(=O)c5ccc(C)cc5)cc4)c(O)c23)cc1. The zero-order valence-corrected chi connectivity index (χ0v) is 28.1. The van der Waals surface area contributed by atoms with E-state index in [-0.39, 0.29) is 20.4 Å². The number of aryl methyl sites for hydroxylation is 2. The summed E-state index contributed by atoms with van der Waals surface area (Å²) in [5.74, 6) is -1.04. The molecule has 0 saturated carbocycles. The number of hydrogen-bond donors (Lipinski definition) is 4. The molecule has 0 aliphatic rings. The van der Waals surface area contributed by atoms with Crippen LogP contribution in [0.1, 0.15) is 11.1 Å². The second-order valence-electron chi connectivity index (χ2n) is 10.5. The van der Waals surface area contributed by atoms with Crippen molar-refractivity contribution >= 4 is 67.9 Å². The molecule has 0 spiro atoms. The van der Waals surface area contributed by atoms with Crippen LogP contribution in [0.15, 0.2) is 126 Å². The molecule has 0 unspecified atom stereocenters. The van der Waals surface area contributed by atoms with Crippen LogP contribution in [0.4, 0.5) is 17.1 Å². The van der Waals surface area contributed by atoms with Gasteiger partial charge >= 0.3 is 0 Å². The maximum Gasteiger partial charge on any atom is 0.296 e. The number of phenolic OH excluding ortho intramolecular Hbond substituents is 1. The predicted molar refractivity (Wildman–Crippen MR) is 174 cm³/mol. The molecule has 0 saturated heterocycles. The topological polar surface area (TPSA) is 234 Å². The Morgan fingerprint density at radius 3 is 1.58 bits per heavy atom. The van der Waals surface area contributed by atoms with Gasteiger partial charge in [0.1, 0.15) is 10.6 Å². The molecule has 0 heterocycles. The molecule has 0 aliphatic carbocycles. The van der Waals surface area contributed by atoms with E-state index < -0.39 is 77.8 Å². The van der Waals surface area contributed by atoms with Crippen molar-refractivity contribution in [3.63, 3.8) is 0 Å². The van der Waals surface area contributed by atoms with Crippen LogP contribution in [-0.4, -0.2) is 47.9 Å². The summed E-state index contributed by atoms with van der Waals surface area (Å²) in [4.78, 5) is -2.20. The number of hydrogen-bond acceptors (Lipinski definition) is 11. The number of aromatic hydroxyl groups is 1. The molecule has 18 heteroatoms. The Morgan fingerprint density at radius 2 is 1.08 bits per heavy atom. The minimum atomic E-state index is -5.20. The summed E-state index contributed by atoms with van der Waals surface area (Å²) in [6.45, 7) is 3.52. The molecule has 0 aliphatic heterocycles. The van der Waals surface area contributed by atoms with Gasteiger partial charge < -0.3 is 5.11 Å². The molecule has 0 radical (unpaired) electrons. The Balaban J connectivity index is 1.65. The van der Waals surface area contributed by atoms with Gasteiger partial charge in [-0.25, -0.2) is 16.8 Å². The summed E-state index contributed by atoms with van der Waals surface area (Å²) in [5.41, 5.74) is 0.126. The second-order valence-corrected chi connectivity index (χ2v) is 17.0. The van der Waals surface area contributed by atoms with Gasteiger partial charge in [0, 0.05) is 0 Å². The molecule has 5 aromatic carbocycles. The predicted octanol–water partition coefficient (Wildman–Crippen LogP) is 5.70. The molecule has 0 amide bonds. The third-order valence-corrected chi connectivity index (χ3v) is 11.9. The van der Waals surface area contributed by atoms with E-state index in [9.17, 15) is 47.9 Å². The Kier molecular flexibility index (Phi) is 8.93. The van der Waals surface area contributed by atoms with Gasteiger partial charge in [-0.3, -0.25) is 13.8 Å². The molecule has 0 atom stereocenters. The van der Waals surface area contributed by atoms with Gasteiger partial charge in [0.2, 0.25) is 9.84 Å². The maximum atomic E-state index is 13.2. The van der Waals surface area contributed by atoms with Crippen LogP contribution in [0.25, 0.3) is 10.8 Å². The number of rotatable bonds is 9. The number of phenols is 1. The van der Waals surface area contributed by atoms with Gasteiger partial charge in [-0.1, -0.05) is 35.4 Å². The van der Waals surface area contributed by atoms with Crippen LogP contribution in [0.2, 0.25) is 0 Å². The maximum absolute atomic E-state index is 13.2. The summed E-state index contributed by atoms with van der Waals surface area (Å²) < 4.78 is 123. The molecule has 4 N–H and O–H groups in total. The zero-order chi connectivity index (χ0) is 35.2. The van der Waals surface area contributed by atoms with Crippen molar-refractivity contribution in [3.05, 3.63) is 102 Å². The smallest absolute Gasteiger partial charge is 0.296 e. The van der Waals surface area contributed by atoms with Gasteiger partial charge in [-0.05, 0) is 86.0 Å². The molecular weight excluding hydrogens is 707 g/mol. The zero-order valence-electron chi connectivity index (χ0n) is 24.8. The first kappa shape index (κ1) is 34.6. The van der Waals surface area contributed by atoms with Crippen molar-refractivity contribution in [3.8, 4) is 5.75 Å². The molecule has 14 nitrogen and oxygen atoms in total. The molecule has 0 aromatic heterocycles. The third-order valence-electron chi connectivity index (χ3n) is 7.02. The first-order chi connectivity index (χ1) is 22.3. The van der Waals surface area contributed by atoms with Crippen molar-refractivity contribution in [1.82, 2.24) is 0 Å². The third kappa shape index (κ3) is 7.08. The van der Waals surface area contributed by atoms with Crippen molar-refractivity contribution in [2.75, 3.05) is 4.72 Å². The lowest BCUT2D eigenvalue weighted by Crippen LogP contribution is -2.14. The average molecular weight is 732 g/mol. The highest BCUT2D eigenvalue weighted by Crippen LogP contribution is 2.45. The number of sulfone groups is 1. The molecule has 48 heavy (non-hydrogen) atoms. The molecule has 0 fully saturated rings. The van der Waals surface area contributed by atoms with E-state index in [2.05, 4.69) is 15.0 Å². The quantitative estimate of drug-likeness (QED) is 0.106. The lowest BCUT2D eigenvalue weighted by molar-refractivity contribution is 0.472. The largest absolute Gasteiger partial charge is 0.505 e. The van der Waals surface area contributed by atoms with Crippen molar-refractivity contribution < 1.29 is 47.9 Å². The van der Waals surface area contributed by atoms with Gasteiger partial charge in [-0.15, -0.1) is 5.11 Å². The molecular formula is C30H25N3O11S4. The van der Waals surface area contributed by atoms with E-state index in [1.807, 2.05) is 0 Å². The number of nitrogens with zero attached hydrogens (tertiary/aromatic N) is 2. The summed E-state index contributed by atoms with van der Waals surface area (Å²) >= 11 is 0. The fraction of sp³-hybridized carbons (Fsp3) is 0.0667. The minimum absolute atomic E-state index is 0.0133. The number of anilines is 1. The normalized spacial score (nSPS) is 12.8. The van der Waals surface area contributed by atoms with Gasteiger partial charge in [-0.2, -0.15) is 21.9 Å². The standard InChI is InChI=1S/C30H25N3O11S4/c1-18-3-9-22(10-4-18)45(35,36)23-13-7-21(8-14-23)31-32-29-27(48(42,43)44)16-20-15-25(47(39,40)41)17-26(28(20)30(29)34)33-46(37,38)24-11-5-19(2)6-12-24/h3-17,33-34H,1-2H3,(H,39,40,41)(H,42,43,44). The summed E-state index contributed by atoms with van der Waals surface area (Å²) in [6.07, 6.45) is 0. The Hall–Kier alpha value is -4.72. The lowest BCUT2D eigenvalue weighted by atomic mass is 10.1.